The summed E-state index contributed by atoms with van der Waals surface area (Å²) in [5.74, 6) is 0.674. The summed E-state index contributed by atoms with van der Waals surface area (Å²) in [5, 5.41) is 4.84. The van der Waals surface area contributed by atoms with Crippen LogP contribution in [0.5, 0.6) is 5.75 Å². The smallest absolute Gasteiger partial charge is 0.276 e. The Labute approximate surface area is 156 Å². The van der Waals surface area contributed by atoms with Crippen LogP contribution in [0.15, 0.2) is 58.5 Å². The van der Waals surface area contributed by atoms with Crippen molar-refractivity contribution in [2.75, 3.05) is 7.11 Å². The number of nitrogens with zero attached hydrogens (tertiary/aromatic N) is 2. The van der Waals surface area contributed by atoms with Crippen LogP contribution in [0.25, 0.3) is 10.9 Å². The molecule has 0 amide bonds. The largest absolute Gasteiger partial charge is 0.497 e. The number of methoxy groups -OCH3 is 1. The summed E-state index contributed by atoms with van der Waals surface area (Å²) >= 11 is 6.16. The number of pyridine rings is 1. The van der Waals surface area contributed by atoms with Gasteiger partial charge in [0.25, 0.3) is 10.0 Å². The lowest BCUT2D eigenvalue weighted by atomic mass is 10.1. The van der Waals surface area contributed by atoms with Crippen LogP contribution in [0.2, 0.25) is 5.15 Å². The Morgan fingerprint density at radius 2 is 1.88 bits per heavy atom. The highest BCUT2D eigenvalue weighted by Crippen LogP contribution is 2.23. The predicted molar refractivity (Wildman–Crippen MR) is 102 cm³/mol. The van der Waals surface area contributed by atoms with E-state index in [4.69, 9.17) is 16.3 Å². The number of fused-ring (bicyclic) bond motifs is 1. The Bertz CT molecular complexity index is 1080. The summed E-state index contributed by atoms with van der Waals surface area (Å²) in [6.45, 7) is 1.88. The average Bonchev–Trinajstić information content (AvgIpc) is 2.62. The fourth-order valence-corrected chi connectivity index (χ4v) is 3.28. The van der Waals surface area contributed by atoms with Crippen LogP contribution in [-0.4, -0.2) is 26.7 Å². The van der Waals surface area contributed by atoms with E-state index in [1.54, 1.807) is 37.4 Å². The maximum atomic E-state index is 12.2. The topological polar surface area (TPSA) is 80.6 Å². The standard InChI is InChI=1S/C18H16ClN3O3S/c1-12-3-7-16(8-4-12)26(23,24)22-20-11-14-9-13-5-6-15(25-2)10-17(13)21-18(14)19/h3-11,22H,1-2H3. The van der Waals surface area contributed by atoms with Gasteiger partial charge in [-0.05, 0) is 37.3 Å². The van der Waals surface area contributed by atoms with Crippen LogP contribution in [0.1, 0.15) is 11.1 Å². The molecule has 0 unspecified atom stereocenters. The number of aryl methyl sites for hydroxylation is 1. The molecule has 2 aromatic carbocycles. The number of hydrogen-bond acceptors (Lipinski definition) is 5. The van der Waals surface area contributed by atoms with Crippen molar-refractivity contribution in [1.82, 2.24) is 9.82 Å². The quantitative estimate of drug-likeness (QED) is 0.411. The molecule has 3 rings (SSSR count). The van der Waals surface area contributed by atoms with Crippen LogP contribution in [-0.2, 0) is 10.0 Å². The second-order valence-corrected chi connectivity index (χ2v) is 7.61. The Morgan fingerprint density at radius 3 is 2.58 bits per heavy atom. The minimum Gasteiger partial charge on any atom is -0.497 e. The molecular formula is C18H16ClN3O3S. The maximum absolute atomic E-state index is 12.2. The highest BCUT2D eigenvalue weighted by Gasteiger charge is 2.12. The molecule has 1 N–H and O–H groups in total. The molecule has 0 aliphatic rings. The normalized spacial score (nSPS) is 11.8. The zero-order valence-corrected chi connectivity index (χ0v) is 15.7. The van der Waals surface area contributed by atoms with Crippen molar-refractivity contribution in [3.8, 4) is 5.75 Å². The van der Waals surface area contributed by atoms with E-state index in [1.165, 1.54) is 18.3 Å². The minimum atomic E-state index is -3.74. The number of sulfonamides is 1. The first-order valence-electron chi connectivity index (χ1n) is 7.65. The van der Waals surface area contributed by atoms with Gasteiger partial charge in [0.1, 0.15) is 10.9 Å². The van der Waals surface area contributed by atoms with Gasteiger partial charge in [0.05, 0.1) is 23.7 Å². The molecule has 8 heteroatoms. The van der Waals surface area contributed by atoms with Crippen LogP contribution in [0, 0.1) is 6.92 Å². The number of rotatable bonds is 5. The third-order valence-corrected chi connectivity index (χ3v) is 5.25. The summed E-state index contributed by atoms with van der Waals surface area (Å²) in [7, 11) is -2.17. The molecule has 0 atom stereocenters. The molecule has 0 fully saturated rings. The fraction of sp³-hybridized carbons (Fsp3) is 0.111. The first kappa shape index (κ1) is 18.2. The maximum Gasteiger partial charge on any atom is 0.276 e. The summed E-state index contributed by atoms with van der Waals surface area (Å²) in [6.07, 6.45) is 1.32. The second-order valence-electron chi connectivity index (χ2n) is 5.59. The van der Waals surface area contributed by atoms with Gasteiger partial charge < -0.3 is 4.74 Å². The highest BCUT2D eigenvalue weighted by molar-refractivity contribution is 7.89. The second kappa shape index (κ2) is 7.31. The van der Waals surface area contributed by atoms with Gasteiger partial charge in [0.2, 0.25) is 0 Å². The first-order valence-corrected chi connectivity index (χ1v) is 9.51. The van der Waals surface area contributed by atoms with Crippen LogP contribution in [0.3, 0.4) is 0 Å². The van der Waals surface area contributed by atoms with Gasteiger partial charge in [-0.1, -0.05) is 29.3 Å². The molecular weight excluding hydrogens is 374 g/mol. The highest BCUT2D eigenvalue weighted by atomic mass is 35.5. The number of hydrogen-bond donors (Lipinski definition) is 1. The van der Waals surface area contributed by atoms with Crippen LogP contribution >= 0.6 is 11.6 Å². The fourth-order valence-electron chi connectivity index (χ4n) is 2.29. The van der Waals surface area contributed by atoms with E-state index in [0.717, 1.165) is 10.9 Å². The molecule has 0 spiro atoms. The van der Waals surface area contributed by atoms with Crippen molar-refractivity contribution < 1.29 is 13.2 Å². The van der Waals surface area contributed by atoms with Crippen LogP contribution in [0.4, 0.5) is 0 Å². The minimum absolute atomic E-state index is 0.134. The molecule has 0 radical (unpaired) electrons. The summed E-state index contributed by atoms with van der Waals surface area (Å²) in [6, 6.07) is 13.7. The van der Waals surface area contributed by atoms with E-state index < -0.39 is 10.0 Å². The molecule has 0 saturated heterocycles. The van der Waals surface area contributed by atoms with Crippen molar-refractivity contribution in [1.29, 1.82) is 0 Å². The van der Waals surface area contributed by atoms with Gasteiger partial charge >= 0.3 is 0 Å². The zero-order chi connectivity index (χ0) is 18.7. The Morgan fingerprint density at radius 1 is 1.15 bits per heavy atom. The van der Waals surface area contributed by atoms with Gasteiger partial charge in [0, 0.05) is 17.0 Å². The lowest BCUT2D eigenvalue weighted by molar-refractivity contribution is 0.415. The van der Waals surface area contributed by atoms with E-state index in [9.17, 15) is 8.42 Å². The lowest BCUT2D eigenvalue weighted by Crippen LogP contribution is -2.18. The monoisotopic (exact) mass is 389 g/mol. The molecule has 26 heavy (non-hydrogen) atoms. The number of benzene rings is 2. The predicted octanol–water partition coefficient (Wildman–Crippen LogP) is 3.52. The third-order valence-electron chi connectivity index (χ3n) is 3.71. The molecule has 1 aromatic heterocycles. The van der Waals surface area contributed by atoms with Crippen LogP contribution < -0.4 is 9.57 Å². The molecule has 6 nitrogen and oxygen atoms in total. The Balaban J connectivity index is 1.84. The van der Waals surface area contributed by atoms with Gasteiger partial charge in [-0.25, -0.2) is 9.82 Å². The van der Waals surface area contributed by atoms with Crippen molar-refractivity contribution in [2.45, 2.75) is 11.8 Å². The van der Waals surface area contributed by atoms with Crippen molar-refractivity contribution >= 4 is 38.7 Å². The SMILES string of the molecule is COc1ccc2cc(C=NNS(=O)(=O)c3ccc(C)cc3)c(Cl)nc2c1. The van der Waals surface area contributed by atoms with E-state index in [0.29, 0.717) is 16.8 Å². The molecule has 3 aromatic rings. The Kier molecular flexibility index (Phi) is 5.11. The molecule has 0 bridgehead atoms. The first-order chi connectivity index (χ1) is 12.4. The molecule has 0 aliphatic carbocycles. The van der Waals surface area contributed by atoms with Gasteiger partial charge in [-0.2, -0.15) is 13.5 Å². The van der Waals surface area contributed by atoms with Gasteiger partial charge in [-0.3, -0.25) is 0 Å². The molecule has 0 saturated carbocycles. The average molecular weight is 390 g/mol. The summed E-state index contributed by atoms with van der Waals surface area (Å²) < 4.78 is 29.6. The van der Waals surface area contributed by atoms with Gasteiger partial charge in [0.15, 0.2) is 0 Å². The lowest BCUT2D eigenvalue weighted by Gasteiger charge is -2.05. The number of aromatic nitrogens is 1. The van der Waals surface area contributed by atoms with E-state index >= 15 is 0 Å². The third kappa shape index (κ3) is 3.95. The zero-order valence-electron chi connectivity index (χ0n) is 14.1. The number of halogens is 1. The van der Waals surface area contributed by atoms with Gasteiger partial charge in [-0.15, -0.1) is 0 Å². The van der Waals surface area contributed by atoms with E-state index in [-0.39, 0.29) is 10.0 Å². The Hall–Kier alpha value is -2.64. The summed E-state index contributed by atoms with van der Waals surface area (Å²) in [4.78, 5) is 6.59. The van der Waals surface area contributed by atoms with Crippen molar-refractivity contribution in [3.63, 3.8) is 0 Å². The molecule has 1 heterocycles. The summed E-state index contributed by atoms with van der Waals surface area (Å²) in [5.41, 5.74) is 2.14. The number of nitrogens with one attached hydrogen (secondary N) is 1. The molecule has 0 aliphatic heterocycles. The van der Waals surface area contributed by atoms with Crippen molar-refractivity contribution in [3.05, 3.63) is 64.8 Å². The van der Waals surface area contributed by atoms with E-state index in [2.05, 4.69) is 14.9 Å². The number of hydrazone groups is 1. The van der Waals surface area contributed by atoms with E-state index in [1.807, 2.05) is 13.0 Å². The number of ether oxygens (including phenoxy) is 1. The van der Waals surface area contributed by atoms with Crippen molar-refractivity contribution in [2.24, 2.45) is 5.10 Å². The molecule has 134 valence electrons.